The molecule has 1 unspecified atom stereocenters. The quantitative estimate of drug-likeness (QED) is 0.888. The number of hydrogen-bond acceptors (Lipinski definition) is 5. The van der Waals surface area contributed by atoms with Crippen LogP contribution in [0, 0.1) is 25.2 Å². The Kier molecular flexibility index (Phi) is 4.35. The molecule has 0 amide bonds. The first kappa shape index (κ1) is 13.8. The Labute approximate surface area is 114 Å². The van der Waals surface area contributed by atoms with E-state index < -0.39 is 0 Å². The molecular formula is C14H20N4O. The first-order valence-corrected chi connectivity index (χ1v) is 6.52. The van der Waals surface area contributed by atoms with Gasteiger partial charge in [0.05, 0.1) is 24.0 Å². The van der Waals surface area contributed by atoms with Gasteiger partial charge in [0.2, 0.25) is 0 Å². The van der Waals surface area contributed by atoms with Crippen LogP contribution in [0.5, 0.6) is 0 Å². The fourth-order valence-electron chi connectivity index (χ4n) is 2.30. The normalized spacial score (nSPS) is 20.0. The fourth-order valence-corrected chi connectivity index (χ4v) is 2.30. The predicted molar refractivity (Wildman–Crippen MR) is 74.2 cm³/mol. The van der Waals surface area contributed by atoms with Crippen LogP contribution < -0.4 is 5.32 Å². The highest BCUT2D eigenvalue weighted by Gasteiger charge is 2.17. The molecule has 5 heteroatoms. The Balaban J connectivity index is 1.98. The molecule has 19 heavy (non-hydrogen) atoms. The van der Waals surface area contributed by atoms with E-state index in [4.69, 9.17) is 10.00 Å². The summed E-state index contributed by atoms with van der Waals surface area (Å²) in [6, 6.07) is 4.10. The molecule has 2 heterocycles. The van der Waals surface area contributed by atoms with Gasteiger partial charge in [0.1, 0.15) is 11.9 Å². The minimum Gasteiger partial charge on any atom is -0.374 e. The van der Waals surface area contributed by atoms with Crippen LogP contribution in [-0.4, -0.2) is 49.3 Å². The summed E-state index contributed by atoms with van der Waals surface area (Å²) in [5, 5.41) is 12.3. The highest BCUT2D eigenvalue weighted by molar-refractivity contribution is 5.48. The summed E-state index contributed by atoms with van der Waals surface area (Å²) < 4.78 is 5.69. The molecule has 0 aliphatic carbocycles. The van der Waals surface area contributed by atoms with Crippen molar-refractivity contribution in [2.75, 3.05) is 38.6 Å². The lowest BCUT2D eigenvalue weighted by Crippen LogP contribution is -2.43. The van der Waals surface area contributed by atoms with Crippen LogP contribution in [0.4, 0.5) is 5.82 Å². The number of nitriles is 1. The molecule has 0 bridgehead atoms. The number of rotatable bonds is 3. The van der Waals surface area contributed by atoms with E-state index in [1.54, 1.807) is 0 Å². The second kappa shape index (κ2) is 6.00. The van der Waals surface area contributed by atoms with E-state index in [2.05, 4.69) is 28.3 Å². The SMILES string of the molecule is Cc1cc(NCC2CN(C)CCO2)nc(C)c1C#N. The summed E-state index contributed by atoms with van der Waals surface area (Å²) in [6.45, 7) is 7.24. The summed E-state index contributed by atoms with van der Waals surface area (Å²) in [7, 11) is 2.10. The third-order valence-corrected chi connectivity index (χ3v) is 3.36. The van der Waals surface area contributed by atoms with E-state index in [-0.39, 0.29) is 6.10 Å². The number of nitrogens with zero attached hydrogens (tertiary/aromatic N) is 3. The third kappa shape index (κ3) is 3.43. The number of nitrogens with one attached hydrogen (secondary N) is 1. The zero-order valence-corrected chi connectivity index (χ0v) is 11.7. The van der Waals surface area contributed by atoms with E-state index in [1.165, 1.54) is 0 Å². The number of pyridine rings is 1. The largest absolute Gasteiger partial charge is 0.374 e. The Morgan fingerprint density at radius 3 is 3.00 bits per heavy atom. The summed E-state index contributed by atoms with van der Waals surface area (Å²) in [5.41, 5.74) is 2.39. The van der Waals surface area contributed by atoms with Gasteiger partial charge in [0, 0.05) is 19.6 Å². The molecular weight excluding hydrogens is 240 g/mol. The second-order valence-corrected chi connectivity index (χ2v) is 5.03. The van der Waals surface area contributed by atoms with Crippen LogP contribution in [0.25, 0.3) is 0 Å². The molecule has 0 aromatic carbocycles. The standard InChI is InChI=1S/C14H20N4O/c1-10-6-14(17-11(2)13(10)7-15)16-8-12-9-18(3)4-5-19-12/h6,12H,4-5,8-9H2,1-3H3,(H,16,17). The number of morpholine rings is 1. The van der Waals surface area contributed by atoms with Crippen molar-refractivity contribution in [1.82, 2.24) is 9.88 Å². The second-order valence-electron chi connectivity index (χ2n) is 5.03. The molecule has 0 radical (unpaired) electrons. The highest BCUT2D eigenvalue weighted by Crippen LogP contribution is 2.15. The average Bonchev–Trinajstić information content (AvgIpc) is 2.36. The van der Waals surface area contributed by atoms with Crippen molar-refractivity contribution in [1.29, 1.82) is 5.26 Å². The van der Waals surface area contributed by atoms with Crippen LogP contribution in [0.15, 0.2) is 6.07 Å². The van der Waals surface area contributed by atoms with E-state index >= 15 is 0 Å². The molecule has 1 aromatic heterocycles. The summed E-state index contributed by atoms with van der Waals surface area (Å²) in [4.78, 5) is 6.67. The number of hydrogen-bond donors (Lipinski definition) is 1. The average molecular weight is 260 g/mol. The van der Waals surface area contributed by atoms with Gasteiger partial charge in [-0.25, -0.2) is 4.98 Å². The molecule has 1 fully saturated rings. The van der Waals surface area contributed by atoms with Crippen molar-refractivity contribution < 1.29 is 4.74 Å². The lowest BCUT2D eigenvalue weighted by atomic mass is 10.1. The molecule has 1 aliphatic heterocycles. The molecule has 1 aromatic rings. The van der Waals surface area contributed by atoms with Crippen molar-refractivity contribution >= 4 is 5.82 Å². The molecule has 102 valence electrons. The molecule has 5 nitrogen and oxygen atoms in total. The van der Waals surface area contributed by atoms with Crippen LogP contribution in [0.3, 0.4) is 0 Å². The smallest absolute Gasteiger partial charge is 0.126 e. The van der Waals surface area contributed by atoms with Gasteiger partial charge >= 0.3 is 0 Å². The Hall–Kier alpha value is -1.64. The topological polar surface area (TPSA) is 61.2 Å². The summed E-state index contributed by atoms with van der Waals surface area (Å²) in [6.07, 6.45) is 0.191. The van der Waals surface area contributed by atoms with Crippen molar-refractivity contribution in [2.45, 2.75) is 20.0 Å². The fraction of sp³-hybridized carbons (Fsp3) is 0.571. The molecule has 0 spiro atoms. The van der Waals surface area contributed by atoms with Gasteiger partial charge in [-0.3, -0.25) is 0 Å². The van der Waals surface area contributed by atoms with Crippen LogP contribution in [-0.2, 0) is 4.74 Å². The predicted octanol–water partition coefficient (Wildman–Crippen LogP) is 1.31. The maximum atomic E-state index is 9.02. The molecule has 1 atom stereocenters. The van der Waals surface area contributed by atoms with Gasteiger partial charge < -0.3 is 15.0 Å². The maximum absolute atomic E-state index is 9.02. The van der Waals surface area contributed by atoms with Crippen LogP contribution >= 0.6 is 0 Å². The molecule has 1 N–H and O–H groups in total. The Morgan fingerprint density at radius 1 is 1.58 bits per heavy atom. The van der Waals surface area contributed by atoms with Gasteiger partial charge in [0.25, 0.3) is 0 Å². The van der Waals surface area contributed by atoms with Crippen LogP contribution in [0.1, 0.15) is 16.8 Å². The third-order valence-electron chi connectivity index (χ3n) is 3.36. The first-order chi connectivity index (χ1) is 9.10. The maximum Gasteiger partial charge on any atom is 0.126 e. The highest BCUT2D eigenvalue weighted by atomic mass is 16.5. The van der Waals surface area contributed by atoms with Gasteiger partial charge in [-0.15, -0.1) is 0 Å². The van der Waals surface area contributed by atoms with Crippen LogP contribution in [0.2, 0.25) is 0 Å². The molecule has 1 aliphatic rings. The van der Waals surface area contributed by atoms with Gasteiger partial charge in [-0.1, -0.05) is 0 Å². The minimum absolute atomic E-state index is 0.191. The van der Waals surface area contributed by atoms with E-state index in [9.17, 15) is 0 Å². The van der Waals surface area contributed by atoms with Gasteiger partial charge in [-0.2, -0.15) is 5.26 Å². The number of likely N-dealkylation sites (N-methyl/N-ethyl adjacent to an activating group) is 1. The number of aromatic nitrogens is 1. The van der Waals surface area contributed by atoms with E-state index in [0.29, 0.717) is 5.56 Å². The number of aryl methyl sites for hydroxylation is 2. The van der Waals surface area contributed by atoms with Crippen molar-refractivity contribution in [3.63, 3.8) is 0 Å². The zero-order valence-electron chi connectivity index (χ0n) is 11.7. The lowest BCUT2D eigenvalue weighted by Gasteiger charge is -2.30. The first-order valence-electron chi connectivity index (χ1n) is 6.52. The lowest BCUT2D eigenvalue weighted by molar-refractivity contribution is -0.0117. The number of anilines is 1. The minimum atomic E-state index is 0.191. The Morgan fingerprint density at radius 2 is 2.37 bits per heavy atom. The van der Waals surface area contributed by atoms with Gasteiger partial charge in [0.15, 0.2) is 0 Å². The van der Waals surface area contributed by atoms with Gasteiger partial charge in [-0.05, 0) is 32.5 Å². The van der Waals surface area contributed by atoms with Crippen molar-refractivity contribution in [3.8, 4) is 6.07 Å². The Bertz CT molecular complexity index is 472. The molecule has 1 saturated heterocycles. The molecule has 0 saturated carbocycles. The van der Waals surface area contributed by atoms with E-state index in [1.807, 2.05) is 19.9 Å². The van der Waals surface area contributed by atoms with Crippen molar-refractivity contribution in [3.05, 3.63) is 22.9 Å². The number of ether oxygens (including phenoxy) is 1. The summed E-state index contributed by atoms with van der Waals surface area (Å²) >= 11 is 0. The molecule has 2 rings (SSSR count). The van der Waals surface area contributed by atoms with E-state index in [0.717, 1.165) is 43.3 Å². The summed E-state index contributed by atoms with van der Waals surface area (Å²) in [5.74, 6) is 0.811. The van der Waals surface area contributed by atoms with Crippen molar-refractivity contribution in [2.24, 2.45) is 0 Å². The monoisotopic (exact) mass is 260 g/mol. The zero-order chi connectivity index (χ0) is 13.8.